The van der Waals surface area contributed by atoms with Crippen molar-refractivity contribution in [2.75, 3.05) is 0 Å². The van der Waals surface area contributed by atoms with E-state index in [1.54, 1.807) is 23.6 Å². The van der Waals surface area contributed by atoms with Crippen LogP contribution in [0.1, 0.15) is 55.6 Å². The zero-order chi connectivity index (χ0) is 23.0. The summed E-state index contributed by atoms with van der Waals surface area (Å²) in [6.45, 7) is 4.81. The van der Waals surface area contributed by atoms with Crippen LogP contribution in [0, 0.1) is 5.92 Å². The third kappa shape index (κ3) is 3.96. The fourth-order valence-corrected chi connectivity index (χ4v) is 5.08. The monoisotopic (exact) mass is 446 g/mol. The lowest BCUT2D eigenvalue weighted by Gasteiger charge is -2.45. The van der Waals surface area contributed by atoms with Crippen molar-refractivity contribution in [1.82, 2.24) is 19.8 Å². The maximum atomic E-state index is 13.8. The molecule has 0 bridgehead atoms. The first kappa shape index (κ1) is 21.5. The largest absolute Gasteiger partial charge is 0.463 e. The Morgan fingerprint density at radius 3 is 2.64 bits per heavy atom. The Morgan fingerprint density at radius 1 is 1.15 bits per heavy atom. The Morgan fingerprint density at radius 2 is 1.94 bits per heavy atom. The number of nitrogens with zero attached hydrogens (tertiary/aromatic N) is 3. The van der Waals surface area contributed by atoms with E-state index in [0.29, 0.717) is 30.5 Å². The van der Waals surface area contributed by atoms with Crippen LogP contribution in [0.2, 0.25) is 0 Å². The molecule has 0 aromatic carbocycles. The molecule has 172 valence electrons. The molecule has 33 heavy (non-hydrogen) atoms. The van der Waals surface area contributed by atoms with Gasteiger partial charge >= 0.3 is 0 Å². The van der Waals surface area contributed by atoms with E-state index in [4.69, 9.17) is 4.42 Å². The van der Waals surface area contributed by atoms with E-state index >= 15 is 0 Å². The Bertz CT molecular complexity index is 1130. The van der Waals surface area contributed by atoms with Gasteiger partial charge in [-0.15, -0.1) is 0 Å². The molecule has 2 aliphatic rings. The molecule has 4 heterocycles. The molecular weight excluding hydrogens is 416 g/mol. The van der Waals surface area contributed by atoms with E-state index in [1.807, 2.05) is 47.9 Å². The zero-order valence-electron chi connectivity index (χ0n) is 19.2. The van der Waals surface area contributed by atoms with E-state index < -0.39 is 5.54 Å². The molecule has 5 rings (SSSR count). The highest BCUT2D eigenvalue weighted by molar-refractivity contribution is 6.00. The van der Waals surface area contributed by atoms with Gasteiger partial charge in [0, 0.05) is 25.0 Å². The highest BCUT2D eigenvalue weighted by atomic mass is 16.3. The van der Waals surface area contributed by atoms with Crippen LogP contribution in [-0.4, -0.2) is 37.8 Å². The molecule has 1 aliphatic heterocycles. The van der Waals surface area contributed by atoms with Crippen LogP contribution in [0.15, 0.2) is 59.5 Å². The van der Waals surface area contributed by atoms with Crippen molar-refractivity contribution in [3.05, 3.63) is 66.3 Å². The molecule has 0 radical (unpaired) electrons. The minimum atomic E-state index is -1.05. The molecule has 7 nitrogen and oxygen atoms in total. The predicted molar refractivity (Wildman–Crippen MR) is 124 cm³/mol. The number of hydrogen-bond acceptors (Lipinski definition) is 4. The third-order valence-electron chi connectivity index (χ3n) is 7.18. The van der Waals surface area contributed by atoms with Gasteiger partial charge in [-0.2, -0.15) is 0 Å². The summed E-state index contributed by atoms with van der Waals surface area (Å²) < 4.78 is 7.53. The number of furan rings is 1. The van der Waals surface area contributed by atoms with Crippen molar-refractivity contribution in [3.8, 4) is 11.5 Å². The minimum absolute atomic E-state index is 0.107. The van der Waals surface area contributed by atoms with Crippen molar-refractivity contribution < 1.29 is 14.0 Å². The summed E-state index contributed by atoms with van der Waals surface area (Å²) in [4.78, 5) is 33.4. The first-order valence-electron chi connectivity index (χ1n) is 11.7. The average Bonchev–Trinajstić information content (AvgIpc) is 3.49. The predicted octanol–water partition coefficient (Wildman–Crippen LogP) is 4.25. The van der Waals surface area contributed by atoms with Gasteiger partial charge in [0.2, 0.25) is 5.91 Å². The summed E-state index contributed by atoms with van der Waals surface area (Å²) >= 11 is 0. The van der Waals surface area contributed by atoms with Gasteiger partial charge in [-0.3, -0.25) is 14.6 Å². The van der Waals surface area contributed by atoms with Gasteiger partial charge in [-0.1, -0.05) is 13.0 Å². The van der Waals surface area contributed by atoms with Crippen LogP contribution in [0.4, 0.5) is 0 Å². The van der Waals surface area contributed by atoms with Crippen LogP contribution in [0.3, 0.4) is 0 Å². The van der Waals surface area contributed by atoms with Gasteiger partial charge < -0.3 is 19.2 Å². The quantitative estimate of drug-likeness (QED) is 0.635. The van der Waals surface area contributed by atoms with Crippen LogP contribution < -0.4 is 5.32 Å². The summed E-state index contributed by atoms with van der Waals surface area (Å²) in [6, 6.07) is 11.3. The van der Waals surface area contributed by atoms with Gasteiger partial charge in [0.15, 0.2) is 0 Å². The van der Waals surface area contributed by atoms with E-state index in [0.717, 1.165) is 36.9 Å². The Labute approximate surface area is 193 Å². The van der Waals surface area contributed by atoms with Crippen molar-refractivity contribution in [1.29, 1.82) is 0 Å². The molecule has 0 saturated heterocycles. The second-order valence-corrected chi connectivity index (χ2v) is 9.62. The Hall–Kier alpha value is -3.35. The summed E-state index contributed by atoms with van der Waals surface area (Å²) in [5.74, 6) is 1.10. The lowest BCUT2D eigenvalue weighted by molar-refractivity contribution is -0.134. The molecule has 1 fully saturated rings. The number of aromatic nitrogens is 2. The number of hydrogen-bond donors (Lipinski definition) is 1. The number of amides is 2. The normalized spacial score (nSPS) is 25.0. The van der Waals surface area contributed by atoms with Crippen molar-refractivity contribution in [3.63, 3.8) is 0 Å². The summed E-state index contributed by atoms with van der Waals surface area (Å²) in [5.41, 5.74) is 1.20. The fraction of sp³-hybridized carbons (Fsp3) is 0.423. The highest BCUT2D eigenvalue weighted by Gasteiger charge is 2.48. The van der Waals surface area contributed by atoms with Gasteiger partial charge in [-0.05, 0) is 74.4 Å². The molecule has 2 amide bonds. The molecule has 1 atom stereocenters. The maximum absolute atomic E-state index is 13.8. The van der Waals surface area contributed by atoms with Crippen LogP contribution >= 0.6 is 0 Å². The number of carbonyl (C=O) groups is 2. The lowest BCUT2D eigenvalue weighted by Crippen LogP contribution is -2.64. The molecule has 1 saturated carbocycles. The van der Waals surface area contributed by atoms with E-state index in [9.17, 15) is 9.59 Å². The zero-order valence-corrected chi connectivity index (χ0v) is 19.2. The van der Waals surface area contributed by atoms with Crippen LogP contribution in [-0.2, 0) is 17.9 Å². The summed E-state index contributed by atoms with van der Waals surface area (Å²) in [6.07, 6.45) is 9.26. The Kier molecular flexibility index (Phi) is 5.56. The molecule has 3 aromatic rings. The molecule has 1 aliphatic carbocycles. The summed E-state index contributed by atoms with van der Waals surface area (Å²) in [7, 11) is 0. The molecule has 1 N–H and O–H groups in total. The van der Waals surface area contributed by atoms with Gasteiger partial charge in [0.25, 0.3) is 5.91 Å². The highest BCUT2D eigenvalue weighted by Crippen LogP contribution is 2.35. The summed E-state index contributed by atoms with van der Waals surface area (Å²) in [5, 5.41) is 3.28. The lowest BCUT2D eigenvalue weighted by atomic mass is 9.86. The van der Waals surface area contributed by atoms with Crippen molar-refractivity contribution in [2.45, 2.75) is 64.2 Å². The van der Waals surface area contributed by atoms with Crippen molar-refractivity contribution in [2.24, 2.45) is 5.92 Å². The van der Waals surface area contributed by atoms with Crippen molar-refractivity contribution >= 4 is 11.8 Å². The second-order valence-electron chi connectivity index (χ2n) is 9.62. The molecular formula is C26H30N4O3. The molecule has 1 unspecified atom stereocenters. The minimum Gasteiger partial charge on any atom is -0.463 e. The number of carbonyl (C=O) groups excluding carboxylic acids is 2. The average molecular weight is 447 g/mol. The first-order valence-corrected chi connectivity index (χ1v) is 11.7. The number of fused-ring (bicyclic) bond motifs is 1. The second kappa shape index (κ2) is 8.54. The standard InChI is InChI=1S/C26H30N4O3/c1-18-7-9-20(10-8-18)28-25(32)26(2)17-29-21(23-6-4-14-33-23)11-12-22(29)24(31)30(26)16-19-5-3-13-27-15-19/h3-6,11-15,18,20H,7-10,16-17H2,1-2H3,(H,28,32). The number of rotatable bonds is 5. The van der Waals surface area contributed by atoms with E-state index in [-0.39, 0.29) is 17.9 Å². The Balaban J connectivity index is 1.50. The van der Waals surface area contributed by atoms with Gasteiger partial charge in [-0.25, -0.2) is 0 Å². The molecule has 7 heteroatoms. The third-order valence-corrected chi connectivity index (χ3v) is 7.18. The van der Waals surface area contributed by atoms with Gasteiger partial charge in [0.05, 0.1) is 18.5 Å². The fourth-order valence-electron chi connectivity index (χ4n) is 5.08. The SMILES string of the molecule is CC1CCC(NC(=O)C2(C)Cn3c(ccc3-c3ccco3)C(=O)N2Cc2cccnc2)CC1. The first-order chi connectivity index (χ1) is 16.0. The molecule has 0 spiro atoms. The van der Waals surface area contributed by atoms with E-state index in [2.05, 4.69) is 17.2 Å². The number of nitrogens with one attached hydrogen (secondary N) is 1. The van der Waals surface area contributed by atoms with E-state index in [1.165, 1.54) is 0 Å². The van der Waals surface area contributed by atoms with Gasteiger partial charge in [0.1, 0.15) is 17.0 Å². The number of pyridine rings is 1. The smallest absolute Gasteiger partial charge is 0.271 e. The molecule has 3 aromatic heterocycles. The maximum Gasteiger partial charge on any atom is 0.271 e. The topological polar surface area (TPSA) is 80.4 Å². The van der Waals surface area contributed by atoms with Crippen LogP contribution in [0.5, 0.6) is 0 Å². The van der Waals surface area contributed by atoms with Crippen LogP contribution in [0.25, 0.3) is 11.5 Å².